The van der Waals surface area contributed by atoms with Gasteiger partial charge in [-0.3, -0.25) is 0 Å². The minimum Gasteiger partial charge on any atom is -0.395 e. The van der Waals surface area contributed by atoms with Crippen LogP contribution in [0.3, 0.4) is 0 Å². The summed E-state index contributed by atoms with van der Waals surface area (Å²) in [6.07, 6.45) is 0. The summed E-state index contributed by atoms with van der Waals surface area (Å²) in [4.78, 5) is 0. The normalized spacial score (nSPS) is 10.3. The molecule has 0 aromatic heterocycles. The molecule has 1 N–H and O–H groups in total. The van der Waals surface area contributed by atoms with Crippen LogP contribution in [0.5, 0.6) is 0 Å². The molecular weight excluding hydrogens is 90.1 g/mol. The maximum Gasteiger partial charge on any atom is 0.0572 e. The van der Waals surface area contributed by atoms with Gasteiger partial charge in [-0.1, -0.05) is 0 Å². The van der Waals surface area contributed by atoms with E-state index in [-0.39, 0.29) is 6.61 Å². The predicted octanol–water partition coefficient (Wildman–Crippen LogP) is -0.00850. The van der Waals surface area contributed by atoms with Crippen molar-refractivity contribution in [3.63, 3.8) is 0 Å². The molecule has 0 aromatic rings. The molecular formula is C5H12NO. The summed E-state index contributed by atoms with van der Waals surface area (Å²) >= 11 is 0. The van der Waals surface area contributed by atoms with Crippen molar-refractivity contribution in [2.24, 2.45) is 0 Å². The number of hydrogen-bond donors (Lipinski definition) is 1. The monoisotopic (exact) mass is 102 g/mol. The van der Waals surface area contributed by atoms with Crippen molar-refractivity contribution >= 4 is 0 Å². The maximum absolute atomic E-state index is 8.22. The first-order chi connectivity index (χ1) is 3.27. The molecule has 0 spiro atoms. The van der Waals surface area contributed by atoms with Crippen LogP contribution < -0.4 is 5.32 Å². The molecule has 0 saturated heterocycles. The van der Waals surface area contributed by atoms with Gasteiger partial charge in [0.05, 0.1) is 6.61 Å². The highest BCUT2D eigenvalue weighted by Crippen LogP contribution is 1.75. The van der Waals surface area contributed by atoms with Crippen LogP contribution in [0.25, 0.3) is 0 Å². The van der Waals surface area contributed by atoms with E-state index in [9.17, 15) is 0 Å². The van der Waals surface area contributed by atoms with Crippen molar-refractivity contribution in [2.75, 3.05) is 13.2 Å². The molecule has 0 aliphatic heterocycles. The van der Waals surface area contributed by atoms with Gasteiger partial charge in [-0.15, -0.1) is 0 Å². The summed E-state index contributed by atoms with van der Waals surface area (Å²) in [5.41, 5.74) is 0. The lowest BCUT2D eigenvalue weighted by atomic mass is 10.4. The zero-order valence-electron chi connectivity index (χ0n) is 4.89. The predicted molar refractivity (Wildman–Crippen MR) is 29.2 cm³/mol. The van der Waals surface area contributed by atoms with Gasteiger partial charge in [-0.25, -0.2) is 5.32 Å². The molecule has 0 heterocycles. The molecule has 0 aliphatic rings. The van der Waals surface area contributed by atoms with Crippen LogP contribution in [0.2, 0.25) is 0 Å². The third kappa shape index (κ3) is 5.92. The summed E-state index contributed by atoms with van der Waals surface area (Å²) in [6, 6.07) is 0.368. The lowest BCUT2D eigenvalue weighted by Gasteiger charge is -2.00. The molecule has 7 heavy (non-hydrogen) atoms. The van der Waals surface area contributed by atoms with Gasteiger partial charge in [0.25, 0.3) is 0 Å². The highest BCUT2D eigenvalue weighted by atomic mass is 16.3. The van der Waals surface area contributed by atoms with Gasteiger partial charge in [0.1, 0.15) is 0 Å². The first-order valence-electron chi connectivity index (χ1n) is 2.55. The van der Waals surface area contributed by atoms with Gasteiger partial charge in [0, 0.05) is 12.6 Å². The van der Waals surface area contributed by atoms with E-state index in [4.69, 9.17) is 5.11 Å². The molecule has 1 radical (unpaired) electrons. The summed E-state index contributed by atoms with van der Waals surface area (Å²) in [7, 11) is 0. The number of aliphatic hydroxyl groups excluding tert-OH is 1. The standard InChI is InChI=1S/C5H12NO/c1-5(2)6-3-4-7/h5,7H,3-4H2,1-2H3. The highest BCUT2D eigenvalue weighted by molar-refractivity contribution is 4.48. The Kier molecular flexibility index (Phi) is 4.04. The van der Waals surface area contributed by atoms with E-state index in [1.165, 1.54) is 0 Å². The van der Waals surface area contributed by atoms with Crippen LogP contribution in [-0.4, -0.2) is 24.3 Å². The summed E-state index contributed by atoms with van der Waals surface area (Å²) < 4.78 is 0. The fourth-order valence-electron chi connectivity index (χ4n) is 0.316. The Balaban J connectivity index is 2.68. The molecule has 0 unspecified atom stereocenters. The van der Waals surface area contributed by atoms with Gasteiger partial charge in [0.15, 0.2) is 0 Å². The summed E-state index contributed by atoms with van der Waals surface area (Å²) in [5.74, 6) is 0. The molecule has 0 atom stereocenters. The Morgan fingerprint density at radius 3 is 2.29 bits per heavy atom. The summed E-state index contributed by atoms with van der Waals surface area (Å²) in [5, 5.41) is 12.2. The van der Waals surface area contributed by atoms with E-state index in [1.807, 2.05) is 13.8 Å². The van der Waals surface area contributed by atoms with Crippen LogP contribution in [0, 0.1) is 0 Å². The Hall–Kier alpha value is -0.0800. The van der Waals surface area contributed by atoms with Crippen molar-refractivity contribution in [3.8, 4) is 0 Å². The number of rotatable bonds is 3. The maximum atomic E-state index is 8.22. The lowest BCUT2D eigenvalue weighted by Crippen LogP contribution is -2.17. The molecule has 43 valence electrons. The lowest BCUT2D eigenvalue weighted by molar-refractivity contribution is 0.285. The Labute approximate surface area is 44.5 Å². The highest BCUT2D eigenvalue weighted by Gasteiger charge is 1.88. The Bertz CT molecular complexity index is 37.1. The summed E-state index contributed by atoms with van der Waals surface area (Å²) in [6.45, 7) is 4.75. The van der Waals surface area contributed by atoms with Crippen molar-refractivity contribution in [3.05, 3.63) is 0 Å². The minimum absolute atomic E-state index is 0.179. The second kappa shape index (κ2) is 4.09. The van der Waals surface area contributed by atoms with Gasteiger partial charge in [0.2, 0.25) is 0 Å². The largest absolute Gasteiger partial charge is 0.395 e. The van der Waals surface area contributed by atoms with Gasteiger partial charge in [-0.2, -0.15) is 0 Å². The molecule has 0 amide bonds. The van der Waals surface area contributed by atoms with E-state index < -0.39 is 0 Å². The molecule has 0 bridgehead atoms. The Morgan fingerprint density at radius 1 is 1.57 bits per heavy atom. The van der Waals surface area contributed by atoms with Gasteiger partial charge < -0.3 is 5.11 Å². The Morgan fingerprint density at radius 2 is 2.14 bits per heavy atom. The second-order valence-corrected chi connectivity index (χ2v) is 1.72. The minimum atomic E-state index is 0.179. The second-order valence-electron chi connectivity index (χ2n) is 1.72. The smallest absolute Gasteiger partial charge is 0.0572 e. The van der Waals surface area contributed by atoms with Crippen molar-refractivity contribution < 1.29 is 5.11 Å². The average molecular weight is 102 g/mol. The fourth-order valence-corrected chi connectivity index (χ4v) is 0.316. The first kappa shape index (κ1) is 6.92. The van der Waals surface area contributed by atoms with Crippen LogP contribution in [0.1, 0.15) is 13.8 Å². The van der Waals surface area contributed by atoms with E-state index >= 15 is 0 Å². The first-order valence-corrected chi connectivity index (χ1v) is 2.55. The quantitative estimate of drug-likeness (QED) is 0.534. The number of nitrogens with zero attached hydrogens (tertiary/aromatic N) is 1. The average Bonchev–Trinajstić information content (AvgIpc) is 1.61. The zero-order valence-corrected chi connectivity index (χ0v) is 4.89. The SMILES string of the molecule is CC(C)[N]CCO. The van der Waals surface area contributed by atoms with Gasteiger partial charge in [-0.05, 0) is 13.8 Å². The molecule has 0 aliphatic carbocycles. The fraction of sp³-hybridized carbons (Fsp3) is 1.00. The van der Waals surface area contributed by atoms with Crippen molar-refractivity contribution in [1.82, 2.24) is 5.32 Å². The van der Waals surface area contributed by atoms with E-state index in [1.54, 1.807) is 0 Å². The molecule has 0 saturated carbocycles. The van der Waals surface area contributed by atoms with E-state index in [0.29, 0.717) is 12.6 Å². The number of hydrogen-bond acceptors (Lipinski definition) is 1. The number of aliphatic hydroxyl groups is 1. The van der Waals surface area contributed by atoms with Gasteiger partial charge >= 0.3 is 0 Å². The molecule has 0 rings (SSSR count). The van der Waals surface area contributed by atoms with E-state index in [0.717, 1.165) is 0 Å². The third-order valence-corrected chi connectivity index (χ3v) is 0.594. The molecule has 2 heteroatoms. The van der Waals surface area contributed by atoms with Crippen LogP contribution in [0.4, 0.5) is 0 Å². The molecule has 2 nitrogen and oxygen atoms in total. The van der Waals surface area contributed by atoms with Crippen LogP contribution in [0.15, 0.2) is 0 Å². The molecule has 0 fully saturated rings. The van der Waals surface area contributed by atoms with Crippen LogP contribution >= 0.6 is 0 Å². The van der Waals surface area contributed by atoms with E-state index in [2.05, 4.69) is 5.32 Å². The third-order valence-electron chi connectivity index (χ3n) is 0.594. The van der Waals surface area contributed by atoms with Crippen LogP contribution in [-0.2, 0) is 0 Å². The molecule has 0 aromatic carbocycles. The van der Waals surface area contributed by atoms with Crippen molar-refractivity contribution in [2.45, 2.75) is 19.9 Å². The van der Waals surface area contributed by atoms with Crippen molar-refractivity contribution in [1.29, 1.82) is 0 Å². The topological polar surface area (TPSA) is 34.3 Å². The zero-order chi connectivity index (χ0) is 5.70.